The summed E-state index contributed by atoms with van der Waals surface area (Å²) in [5.41, 5.74) is 0.249. The van der Waals surface area contributed by atoms with Crippen molar-refractivity contribution >= 4 is 34.4 Å². The fourth-order valence-electron chi connectivity index (χ4n) is 3.77. The Morgan fingerprint density at radius 1 is 0.622 bits per heavy atom. The van der Waals surface area contributed by atoms with Gasteiger partial charge in [-0.15, -0.1) is 0 Å². The van der Waals surface area contributed by atoms with Gasteiger partial charge in [0.15, 0.2) is 20.5 Å². The molecule has 0 saturated heterocycles. The second-order valence-electron chi connectivity index (χ2n) is 7.90. The first-order valence-corrected chi connectivity index (χ1v) is 13.6. The minimum atomic E-state index is -1.21. The SMILES string of the molecule is C=C/C(C(=O)O)=C(\C=C)C(=O)c1ccc(Sc2ccc([S+](c3ccccc3)c3ccccc3)cc2)cc1. The lowest BCUT2D eigenvalue weighted by molar-refractivity contribution is -0.132. The summed E-state index contributed by atoms with van der Waals surface area (Å²) in [6.45, 7) is 7.09. The summed E-state index contributed by atoms with van der Waals surface area (Å²) >= 11 is 1.60. The van der Waals surface area contributed by atoms with Gasteiger partial charge in [0.2, 0.25) is 0 Å². The van der Waals surface area contributed by atoms with Crippen LogP contribution in [-0.4, -0.2) is 16.9 Å². The highest BCUT2D eigenvalue weighted by molar-refractivity contribution is 7.99. The molecule has 5 heteroatoms. The third-order valence-electron chi connectivity index (χ3n) is 5.54. The maximum Gasteiger partial charge on any atom is 0.336 e. The van der Waals surface area contributed by atoms with Crippen molar-refractivity contribution in [2.45, 2.75) is 24.5 Å². The van der Waals surface area contributed by atoms with Crippen LogP contribution >= 0.6 is 11.8 Å². The van der Waals surface area contributed by atoms with Crippen LogP contribution in [0.15, 0.2) is 170 Å². The van der Waals surface area contributed by atoms with Crippen LogP contribution in [0, 0.1) is 0 Å². The molecule has 0 atom stereocenters. The van der Waals surface area contributed by atoms with Gasteiger partial charge in [-0.25, -0.2) is 4.79 Å². The molecular weight excluding hydrogens is 496 g/mol. The molecule has 0 aromatic heterocycles. The molecule has 0 amide bonds. The van der Waals surface area contributed by atoms with E-state index in [-0.39, 0.29) is 22.0 Å². The molecular formula is C32H25O3S2+. The molecule has 182 valence electrons. The van der Waals surface area contributed by atoms with Crippen molar-refractivity contribution in [2.24, 2.45) is 0 Å². The van der Waals surface area contributed by atoms with Gasteiger partial charge in [0, 0.05) is 20.9 Å². The Kier molecular flexibility index (Phi) is 8.62. The van der Waals surface area contributed by atoms with Crippen LogP contribution in [0.5, 0.6) is 0 Å². The Labute approximate surface area is 224 Å². The van der Waals surface area contributed by atoms with E-state index in [0.717, 1.165) is 15.9 Å². The zero-order valence-electron chi connectivity index (χ0n) is 20.0. The van der Waals surface area contributed by atoms with Crippen molar-refractivity contribution < 1.29 is 14.7 Å². The first kappa shape index (κ1) is 26.0. The van der Waals surface area contributed by atoms with Crippen molar-refractivity contribution in [1.82, 2.24) is 0 Å². The zero-order chi connectivity index (χ0) is 26.2. The van der Waals surface area contributed by atoms with Crippen molar-refractivity contribution in [3.05, 3.63) is 151 Å². The molecule has 0 aliphatic heterocycles. The standard InChI is InChI=1S/C32H24O3S2/c1-3-29(30(4-2)32(34)35)31(33)23-15-17-24(18-16-23)36-25-19-21-28(22-20-25)37(26-11-7-5-8-12-26)27-13-9-6-10-14-27/h3-22H,1-2H2/p+1/b30-29-. The van der Waals surface area contributed by atoms with Crippen molar-refractivity contribution in [1.29, 1.82) is 0 Å². The molecule has 0 saturated carbocycles. The molecule has 3 nitrogen and oxygen atoms in total. The number of carboxylic acids is 1. The van der Waals surface area contributed by atoms with Crippen LogP contribution < -0.4 is 0 Å². The first-order chi connectivity index (χ1) is 18.0. The van der Waals surface area contributed by atoms with E-state index in [0.29, 0.717) is 5.56 Å². The quantitative estimate of drug-likeness (QED) is 0.0998. The number of benzene rings is 4. The molecule has 37 heavy (non-hydrogen) atoms. The average Bonchev–Trinajstić information content (AvgIpc) is 2.94. The number of carbonyl (C=O) groups is 2. The van der Waals surface area contributed by atoms with Crippen molar-refractivity contribution in [2.75, 3.05) is 0 Å². The topological polar surface area (TPSA) is 54.4 Å². The monoisotopic (exact) mass is 521 g/mol. The zero-order valence-corrected chi connectivity index (χ0v) is 21.7. The number of aliphatic carboxylic acids is 1. The Morgan fingerprint density at radius 3 is 1.49 bits per heavy atom. The summed E-state index contributed by atoms with van der Waals surface area (Å²) in [6.07, 6.45) is 2.42. The van der Waals surface area contributed by atoms with Gasteiger partial charge < -0.3 is 5.11 Å². The van der Waals surface area contributed by atoms with Crippen LogP contribution in [0.1, 0.15) is 10.4 Å². The van der Waals surface area contributed by atoms with E-state index in [2.05, 4.69) is 86.0 Å². The summed E-state index contributed by atoms with van der Waals surface area (Å²) in [4.78, 5) is 30.1. The lowest BCUT2D eigenvalue weighted by Gasteiger charge is -2.09. The Balaban J connectivity index is 1.54. The smallest absolute Gasteiger partial charge is 0.336 e. The lowest BCUT2D eigenvalue weighted by atomic mass is 9.98. The third kappa shape index (κ3) is 6.20. The minimum Gasteiger partial charge on any atom is -0.478 e. The highest BCUT2D eigenvalue weighted by Crippen LogP contribution is 2.34. The van der Waals surface area contributed by atoms with E-state index < -0.39 is 11.8 Å². The largest absolute Gasteiger partial charge is 0.478 e. The second-order valence-corrected chi connectivity index (χ2v) is 11.1. The molecule has 4 aromatic carbocycles. The van der Waals surface area contributed by atoms with Crippen LogP contribution in [-0.2, 0) is 15.7 Å². The molecule has 0 unspecified atom stereocenters. The number of rotatable bonds is 10. The highest BCUT2D eigenvalue weighted by atomic mass is 32.2. The molecule has 4 rings (SSSR count). The van der Waals surface area contributed by atoms with E-state index in [4.69, 9.17) is 0 Å². The number of hydrogen-bond acceptors (Lipinski definition) is 3. The van der Waals surface area contributed by atoms with Crippen molar-refractivity contribution in [3.63, 3.8) is 0 Å². The first-order valence-electron chi connectivity index (χ1n) is 11.5. The summed E-state index contributed by atoms with van der Waals surface area (Å²) in [5, 5.41) is 9.33. The van der Waals surface area contributed by atoms with E-state index in [1.807, 2.05) is 24.3 Å². The lowest BCUT2D eigenvalue weighted by Crippen LogP contribution is -2.09. The molecule has 0 aliphatic carbocycles. The van der Waals surface area contributed by atoms with Crippen LogP contribution in [0.3, 0.4) is 0 Å². The average molecular weight is 522 g/mol. The number of hydrogen-bond donors (Lipinski definition) is 1. The van der Waals surface area contributed by atoms with E-state index in [9.17, 15) is 14.7 Å². The summed E-state index contributed by atoms with van der Waals surface area (Å²) < 4.78 is 0. The molecule has 0 radical (unpaired) electrons. The van der Waals surface area contributed by atoms with E-state index >= 15 is 0 Å². The van der Waals surface area contributed by atoms with Gasteiger partial charge in [0.05, 0.1) is 16.5 Å². The summed E-state index contributed by atoms with van der Waals surface area (Å²) in [7, 11) is -0.200. The molecule has 0 fully saturated rings. The number of Topliss-reactive ketones (excluding diaryl/α,β-unsaturated/α-hetero) is 1. The Hall–Kier alpha value is -4.06. The second kappa shape index (κ2) is 12.3. The van der Waals surface area contributed by atoms with Gasteiger partial charge in [-0.2, -0.15) is 0 Å². The maximum atomic E-state index is 12.8. The van der Waals surface area contributed by atoms with Gasteiger partial charge in [-0.3, -0.25) is 4.79 Å². The van der Waals surface area contributed by atoms with E-state index in [1.165, 1.54) is 20.8 Å². The third-order valence-corrected chi connectivity index (χ3v) is 8.79. The summed E-state index contributed by atoms with van der Waals surface area (Å²) in [5.74, 6) is -1.61. The highest BCUT2D eigenvalue weighted by Gasteiger charge is 2.28. The van der Waals surface area contributed by atoms with Crippen LogP contribution in [0.25, 0.3) is 0 Å². The molecule has 4 aromatic rings. The molecule has 1 N–H and O–H groups in total. The summed E-state index contributed by atoms with van der Waals surface area (Å²) in [6, 6.07) is 36.8. The number of carboxylic acid groups (broad SMARTS) is 1. The molecule has 0 heterocycles. The Morgan fingerprint density at radius 2 is 1.05 bits per heavy atom. The van der Waals surface area contributed by atoms with Crippen molar-refractivity contribution in [3.8, 4) is 0 Å². The number of ketones is 1. The predicted molar refractivity (Wildman–Crippen MR) is 151 cm³/mol. The molecule has 0 bridgehead atoms. The molecule has 0 aliphatic rings. The molecule has 0 spiro atoms. The number of allylic oxidation sites excluding steroid dienone is 2. The van der Waals surface area contributed by atoms with Gasteiger partial charge >= 0.3 is 5.97 Å². The van der Waals surface area contributed by atoms with Gasteiger partial charge in [0.1, 0.15) is 0 Å². The van der Waals surface area contributed by atoms with E-state index in [1.54, 1.807) is 23.9 Å². The number of carbonyl (C=O) groups excluding carboxylic acids is 1. The fourth-order valence-corrected chi connectivity index (χ4v) is 6.67. The van der Waals surface area contributed by atoms with Crippen LogP contribution in [0.2, 0.25) is 0 Å². The van der Waals surface area contributed by atoms with Crippen LogP contribution in [0.4, 0.5) is 0 Å². The van der Waals surface area contributed by atoms with Gasteiger partial charge in [-0.1, -0.05) is 73.5 Å². The minimum absolute atomic E-state index is 0.0192. The Bertz CT molecular complexity index is 1400. The normalized spacial score (nSPS) is 11.5. The van der Waals surface area contributed by atoms with Gasteiger partial charge in [0.25, 0.3) is 0 Å². The fraction of sp³-hybridized carbons (Fsp3) is 0. The maximum absolute atomic E-state index is 12.8. The predicted octanol–water partition coefficient (Wildman–Crippen LogP) is 7.87. The van der Waals surface area contributed by atoms with Gasteiger partial charge in [-0.05, 0) is 72.8 Å².